The van der Waals surface area contributed by atoms with Crippen molar-refractivity contribution in [1.29, 1.82) is 0 Å². The summed E-state index contributed by atoms with van der Waals surface area (Å²) in [6.07, 6.45) is 4.76. The zero-order valence-corrected chi connectivity index (χ0v) is 13.7. The van der Waals surface area contributed by atoms with Crippen molar-refractivity contribution in [2.45, 2.75) is 0 Å². The molecule has 1 heterocycles. The van der Waals surface area contributed by atoms with Gasteiger partial charge in [0.05, 0.1) is 22.9 Å². The summed E-state index contributed by atoms with van der Waals surface area (Å²) in [6, 6.07) is 15.2. The first-order chi connectivity index (χ1) is 10.7. The smallest absolute Gasteiger partial charge is 0.248 e. The van der Waals surface area contributed by atoms with E-state index in [0.717, 1.165) is 20.3 Å². The Balaban J connectivity index is 1.71. The number of halogens is 1. The molecule has 0 aliphatic carbocycles. The van der Waals surface area contributed by atoms with Crippen LogP contribution in [0.2, 0.25) is 0 Å². The van der Waals surface area contributed by atoms with Crippen LogP contribution in [-0.4, -0.2) is 15.9 Å². The number of benzene rings is 2. The van der Waals surface area contributed by atoms with Crippen molar-refractivity contribution in [2.24, 2.45) is 0 Å². The molecular formula is C17H12IN3O. The second-order valence-electron chi connectivity index (χ2n) is 4.61. The average Bonchev–Trinajstić information content (AvgIpc) is 2.55. The van der Waals surface area contributed by atoms with Crippen molar-refractivity contribution < 1.29 is 4.79 Å². The van der Waals surface area contributed by atoms with E-state index in [1.165, 1.54) is 6.08 Å². The molecule has 1 amide bonds. The Morgan fingerprint density at radius 1 is 1.05 bits per heavy atom. The predicted octanol–water partition coefficient (Wildman–Crippen LogP) is 3.89. The minimum atomic E-state index is -0.198. The molecule has 1 N–H and O–H groups in total. The number of amides is 1. The summed E-state index contributed by atoms with van der Waals surface area (Å²) in [7, 11) is 0. The maximum absolute atomic E-state index is 11.9. The van der Waals surface area contributed by atoms with Gasteiger partial charge >= 0.3 is 0 Å². The molecule has 0 saturated carbocycles. The maximum Gasteiger partial charge on any atom is 0.248 e. The van der Waals surface area contributed by atoms with Crippen LogP contribution in [0.3, 0.4) is 0 Å². The molecule has 4 nitrogen and oxygen atoms in total. The van der Waals surface area contributed by atoms with Gasteiger partial charge in [0, 0.05) is 15.3 Å². The molecule has 0 spiro atoms. The van der Waals surface area contributed by atoms with Crippen LogP contribution in [-0.2, 0) is 4.79 Å². The van der Waals surface area contributed by atoms with Gasteiger partial charge in [-0.3, -0.25) is 9.78 Å². The number of fused-ring (bicyclic) bond motifs is 1. The molecule has 0 aliphatic heterocycles. The van der Waals surface area contributed by atoms with Crippen LogP contribution in [0.25, 0.3) is 17.1 Å². The van der Waals surface area contributed by atoms with Gasteiger partial charge in [0.2, 0.25) is 5.91 Å². The first kappa shape index (κ1) is 14.6. The molecule has 0 radical (unpaired) electrons. The lowest BCUT2D eigenvalue weighted by molar-refractivity contribution is -0.111. The van der Waals surface area contributed by atoms with Gasteiger partial charge in [-0.15, -0.1) is 0 Å². The second-order valence-corrected chi connectivity index (χ2v) is 5.86. The average molecular weight is 401 g/mol. The zero-order chi connectivity index (χ0) is 15.4. The maximum atomic E-state index is 11.9. The van der Waals surface area contributed by atoms with Crippen molar-refractivity contribution in [2.75, 3.05) is 5.32 Å². The highest BCUT2D eigenvalue weighted by atomic mass is 127. The summed E-state index contributed by atoms with van der Waals surface area (Å²) in [4.78, 5) is 20.6. The van der Waals surface area contributed by atoms with Crippen LogP contribution in [0, 0.1) is 3.57 Å². The topological polar surface area (TPSA) is 54.9 Å². The first-order valence-electron chi connectivity index (χ1n) is 6.67. The Hall–Kier alpha value is -2.28. The van der Waals surface area contributed by atoms with E-state index in [0.29, 0.717) is 5.69 Å². The van der Waals surface area contributed by atoms with Crippen LogP contribution in [0.15, 0.2) is 60.8 Å². The minimum Gasteiger partial charge on any atom is -0.323 e. The Kier molecular flexibility index (Phi) is 4.43. The molecule has 0 saturated heterocycles. The molecule has 0 unspecified atom stereocenters. The number of carbonyl (C=O) groups excluding carboxylic acids is 1. The van der Waals surface area contributed by atoms with E-state index in [1.807, 2.05) is 48.5 Å². The first-order valence-corrected chi connectivity index (χ1v) is 7.75. The van der Waals surface area contributed by atoms with Crippen LogP contribution in [0.1, 0.15) is 5.69 Å². The van der Waals surface area contributed by atoms with Crippen LogP contribution in [0.5, 0.6) is 0 Å². The van der Waals surface area contributed by atoms with Crippen LogP contribution in [0.4, 0.5) is 5.69 Å². The normalized spacial score (nSPS) is 11.0. The fraction of sp³-hybridized carbons (Fsp3) is 0. The molecule has 0 fully saturated rings. The van der Waals surface area contributed by atoms with E-state index in [1.54, 1.807) is 12.3 Å². The van der Waals surface area contributed by atoms with Gasteiger partial charge in [0.25, 0.3) is 0 Å². The van der Waals surface area contributed by atoms with E-state index < -0.39 is 0 Å². The van der Waals surface area contributed by atoms with E-state index in [-0.39, 0.29) is 5.91 Å². The van der Waals surface area contributed by atoms with E-state index in [4.69, 9.17) is 0 Å². The van der Waals surface area contributed by atoms with Crippen molar-refractivity contribution >= 4 is 51.3 Å². The number of hydrogen-bond donors (Lipinski definition) is 1. The molecule has 3 rings (SSSR count). The Labute approximate surface area is 141 Å². The number of nitrogens with zero attached hydrogens (tertiary/aromatic N) is 2. The Morgan fingerprint density at radius 2 is 1.77 bits per heavy atom. The molecule has 1 aromatic heterocycles. The van der Waals surface area contributed by atoms with Gasteiger partial charge in [-0.25, -0.2) is 4.98 Å². The van der Waals surface area contributed by atoms with Crippen molar-refractivity contribution in [1.82, 2.24) is 9.97 Å². The highest BCUT2D eigenvalue weighted by molar-refractivity contribution is 14.1. The summed E-state index contributed by atoms with van der Waals surface area (Å²) in [5.41, 5.74) is 3.06. The summed E-state index contributed by atoms with van der Waals surface area (Å²) in [6.45, 7) is 0. The lowest BCUT2D eigenvalue weighted by Gasteiger charge is -2.01. The number of para-hydroxylation sites is 2. The Bertz CT molecular complexity index is 844. The number of carbonyl (C=O) groups is 1. The zero-order valence-electron chi connectivity index (χ0n) is 11.5. The molecule has 3 aromatic rings. The second kappa shape index (κ2) is 6.65. The lowest BCUT2D eigenvalue weighted by atomic mass is 10.3. The van der Waals surface area contributed by atoms with E-state index >= 15 is 0 Å². The van der Waals surface area contributed by atoms with Gasteiger partial charge < -0.3 is 5.32 Å². The fourth-order valence-corrected chi connectivity index (χ4v) is 2.29. The van der Waals surface area contributed by atoms with Crippen LogP contribution < -0.4 is 5.32 Å². The molecular weight excluding hydrogens is 389 g/mol. The van der Waals surface area contributed by atoms with Crippen molar-refractivity contribution in [3.05, 3.63) is 70.1 Å². The monoisotopic (exact) mass is 401 g/mol. The largest absolute Gasteiger partial charge is 0.323 e. The van der Waals surface area contributed by atoms with Gasteiger partial charge in [-0.2, -0.15) is 0 Å². The Morgan fingerprint density at radius 3 is 2.55 bits per heavy atom. The fourth-order valence-electron chi connectivity index (χ4n) is 1.93. The summed E-state index contributed by atoms with van der Waals surface area (Å²) in [5, 5.41) is 2.80. The van der Waals surface area contributed by atoms with E-state index in [9.17, 15) is 4.79 Å². The molecule has 22 heavy (non-hydrogen) atoms. The predicted molar refractivity (Wildman–Crippen MR) is 96.4 cm³/mol. The third-order valence-electron chi connectivity index (χ3n) is 2.98. The summed E-state index contributed by atoms with van der Waals surface area (Å²) >= 11 is 2.22. The van der Waals surface area contributed by atoms with Crippen molar-refractivity contribution in [3.8, 4) is 0 Å². The van der Waals surface area contributed by atoms with Gasteiger partial charge in [-0.05, 0) is 65.1 Å². The molecule has 2 aromatic carbocycles. The molecule has 5 heteroatoms. The summed E-state index contributed by atoms with van der Waals surface area (Å²) < 4.78 is 1.12. The molecule has 0 atom stereocenters. The highest BCUT2D eigenvalue weighted by Gasteiger charge is 1.99. The van der Waals surface area contributed by atoms with Gasteiger partial charge in [0.1, 0.15) is 0 Å². The number of anilines is 1. The SMILES string of the molecule is O=C(/C=C/c1cnc2ccccc2n1)Nc1ccc(I)cc1. The molecule has 0 aliphatic rings. The number of nitrogens with one attached hydrogen (secondary N) is 1. The quantitative estimate of drug-likeness (QED) is 0.535. The van der Waals surface area contributed by atoms with Gasteiger partial charge in [0.15, 0.2) is 0 Å². The minimum absolute atomic E-state index is 0.198. The number of aromatic nitrogens is 2. The molecule has 0 bridgehead atoms. The third-order valence-corrected chi connectivity index (χ3v) is 3.70. The highest BCUT2D eigenvalue weighted by Crippen LogP contribution is 2.12. The molecule has 108 valence electrons. The lowest BCUT2D eigenvalue weighted by Crippen LogP contribution is -2.07. The van der Waals surface area contributed by atoms with E-state index in [2.05, 4.69) is 37.9 Å². The number of hydrogen-bond acceptors (Lipinski definition) is 3. The van der Waals surface area contributed by atoms with Crippen LogP contribution >= 0.6 is 22.6 Å². The number of rotatable bonds is 3. The van der Waals surface area contributed by atoms with Crippen molar-refractivity contribution in [3.63, 3.8) is 0 Å². The standard InChI is InChI=1S/C17H12IN3O/c18-12-5-7-13(8-6-12)21-17(22)10-9-14-11-19-15-3-1-2-4-16(15)20-14/h1-11H,(H,21,22)/b10-9+. The third kappa shape index (κ3) is 3.67. The summed E-state index contributed by atoms with van der Waals surface area (Å²) in [5.74, 6) is -0.198. The van der Waals surface area contributed by atoms with Gasteiger partial charge in [-0.1, -0.05) is 12.1 Å².